The first-order chi connectivity index (χ1) is 9.00. The van der Waals surface area contributed by atoms with Gasteiger partial charge in [0, 0.05) is 18.8 Å². The average Bonchev–Trinajstić information content (AvgIpc) is 2.42. The molecule has 2 N–H and O–H groups in total. The van der Waals surface area contributed by atoms with Gasteiger partial charge in [-0.15, -0.1) is 0 Å². The van der Waals surface area contributed by atoms with Gasteiger partial charge in [0.1, 0.15) is 0 Å². The van der Waals surface area contributed by atoms with Crippen LogP contribution in [0.4, 0.5) is 5.69 Å². The second kappa shape index (κ2) is 6.02. The van der Waals surface area contributed by atoms with Crippen molar-refractivity contribution in [1.82, 2.24) is 4.90 Å². The van der Waals surface area contributed by atoms with Gasteiger partial charge in [-0.25, -0.2) is 0 Å². The van der Waals surface area contributed by atoms with Crippen LogP contribution in [0.2, 0.25) is 10.0 Å². The van der Waals surface area contributed by atoms with Gasteiger partial charge in [-0.3, -0.25) is 4.79 Å². The molecule has 0 unspecified atom stereocenters. The first kappa shape index (κ1) is 14.5. The van der Waals surface area contributed by atoms with E-state index in [4.69, 9.17) is 28.9 Å². The Bertz CT molecular complexity index is 485. The molecule has 0 bridgehead atoms. The molecule has 1 saturated carbocycles. The maximum atomic E-state index is 12.5. The summed E-state index contributed by atoms with van der Waals surface area (Å²) in [6, 6.07) is 3.44. The zero-order chi connectivity index (χ0) is 14.0. The summed E-state index contributed by atoms with van der Waals surface area (Å²) in [5.74, 6) is -0.105. The van der Waals surface area contributed by atoms with Crippen LogP contribution in [-0.4, -0.2) is 23.9 Å². The lowest BCUT2D eigenvalue weighted by Crippen LogP contribution is -2.38. The molecular weight excluding hydrogens is 283 g/mol. The highest BCUT2D eigenvalue weighted by molar-refractivity contribution is 6.44. The summed E-state index contributed by atoms with van der Waals surface area (Å²) in [5.41, 5.74) is 6.57. The molecule has 0 heterocycles. The van der Waals surface area contributed by atoms with Gasteiger partial charge in [-0.1, -0.05) is 42.5 Å². The number of hydrogen-bond acceptors (Lipinski definition) is 2. The van der Waals surface area contributed by atoms with Crippen molar-refractivity contribution in [3.05, 3.63) is 27.7 Å². The number of rotatable bonds is 2. The Kier molecular flexibility index (Phi) is 4.58. The Balaban J connectivity index is 2.23. The van der Waals surface area contributed by atoms with E-state index in [-0.39, 0.29) is 17.0 Å². The minimum absolute atomic E-state index is 0.105. The summed E-state index contributed by atoms with van der Waals surface area (Å²) in [6.45, 7) is 0. The van der Waals surface area contributed by atoms with Crippen molar-refractivity contribution in [3.8, 4) is 0 Å². The molecule has 1 aliphatic rings. The van der Waals surface area contributed by atoms with Gasteiger partial charge in [0.2, 0.25) is 0 Å². The van der Waals surface area contributed by atoms with Crippen molar-refractivity contribution in [2.45, 2.75) is 38.1 Å². The number of amides is 1. The summed E-state index contributed by atoms with van der Waals surface area (Å²) < 4.78 is 0. The normalized spacial score (nSPS) is 16.4. The lowest BCUT2D eigenvalue weighted by Gasteiger charge is -2.31. The molecule has 1 fully saturated rings. The summed E-state index contributed by atoms with van der Waals surface area (Å²) in [4.78, 5) is 14.3. The first-order valence-electron chi connectivity index (χ1n) is 6.52. The van der Waals surface area contributed by atoms with Gasteiger partial charge in [0.05, 0.1) is 15.6 Å². The monoisotopic (exact) mass is 300 g/mol. The van der Waals surface area contributed by atoms with Crippen LogP contribution in [0.5, 0.6) is 0 Å². The van der Waals surface area contributed by atoms with Crippen LogP contribution >= 0.6 is 23.2 Å². The second-order valence-electron chi connectivity index (χ2n) is 5.07. The van der Waals surface area contributed by atoms with Gasteiger partial charge < -0.3 is 10.6 Å². The molecule has 0 saturated heterocycles. The number of nitrogens with zero attached hydrogens (tertiary/aromatic N) is 1. The van der Waals surface area contributed by atoms with E-state index in [2.05, 4.69) is 0 Å². The topological polar surface area (TPSA) is 46.3 Å². The molecular formula is C14H18Cl2N2O. The number of benzene rings is 1. The minimum Gasteiger partial charge on any atom is -0.399 e. The Morgan fingerprint density at radius 1 is 1.26 bits per heavy atom. The lowest BCUT2D eigenvalue weighted by atomic mass is 9.94. The molecule has 0 radical (unpaired) electrons. The average molecular weight is 301 g/mol. The maximum absolute atomic E-state index is 12.5. The lowest BCUT2D eigenvalue weighted by molar-refractivity contribution is 0.0696. The number of anilines is 1. The molecule has 5 heteroatoms. The van der Waals surface area contributed by atoms with Crippen molar-refractivity contribution in [1.29, 1.82) is 0 Å². The highest BCUT2D eigenvalue weighted by atomic mass is 35.5. The molecule has 104 valence electrons. The number of halogens is 2. The van der Waals surface area contributed by atoms with Crippen molar-refractivity contribution >= 4 is 34.8 Å². The van der Waals surface area contributed by atoms with E-state index >= 15 is 0 Å². The zero-order valence-electron chi connectivity index (χ0n) is 11.0. The highest BCUT2D eigenvalue weighted by Crippen LogP contribution is 2.31. The smallest absolute Gasteiger partial charge is 0.255 e. The Labute approximate surface area is 123 Å². The van der Waals surface area contributed by atoms with Crippen molar-refractivity contribution < 1.29 is 4.79 Å². The van der Waals surface area contributed by atoms with Crippen molar-refractivity contribution in [2.75, 3.05) is 12.8 Å². The maximum Gasteiger partial charge on any atom is 0.255 e. The number of nitrogens with two attached hydrogens (primary N) is 1. The van der Waals surface area contributed by atoms with Crippen LogP contribution in [0.3, 0.4) is 0 Å². The first-order valence-corrected chi connectivity index (χ1v) is 7.28. The van der Waals surface area contributed by atoms with E-state index in [1.54, 1.807) is 17.0 Å². The predicted octanol–water partition coefficient (Wildman–Crippen LogP) is 3.98. The third-order valence-electron chi connectivity index (χ3n) is 3.72. The summed E-state index contributed by atoms with van der Waals surface area (Å²) in [6.07, 6.45) is 5.70. The van der Waals surface area contributed by atoms with Crippen LogP contribution in [0.25, 0.3) is 0 Å². The van der Waals surface area contributed by atoms with Gasteiger partial charge >= 0.3 is 0 Å². The SMILES string of the molecule is CN(C(=O)c1cc(N)cc(Cl)c1Cl)C1CCCCC1. The second-order valence-corrected chi connectivity index (χ2v) is 5.86. The molecule has 0 spiro atoms. The van der Waals surface area contributed by atoms with Crippen molar-refractivity contribution in [2.24, 2.45) is 0 Å². The fraction of sp³-hybridized carbons (Fsp3) is 0.500. The summed E-state index contributed by atoms with van der Waals surface area (Å²) in [5, 5.41) is 0.602. The van der Waals surface area contributed by atoms with Gasteiger partial charge in [-0.05, 0) is 25.0 Å². The van der Waals surface area contributed by atoms with Crippen molar-refractivity contribution in [3.63, 3.8) is 0 Å². The Morgan fingerprint density at radius 3 is 2.53 bits per heavy atom. The largest absolute Gasteiger partial charge is 0.399 e. The van der Waals surface area contributed by atoms with E-state index in [1.807, 2.05) is 7.05 Å². The van der Waals surface area contributed by atoms with E-state index < -0.39 is 0 Å². The van der Waals surface area contributed by atoms with Gasteiger partial charge in [-0.2, -0.15) is 0 Å². The molecule has 1 amide bonds. The Hall–Kier alpha value is -0.930. The summed E-state index contributed by atoms with van der Waals surface area (Å²) in [7, 11) is 1.83. The van der Waals surface area contributed by atoms with Gasteiger partial charge in [0.25, 0.3) is 5.91 Å². The van der Waals surface area contributed by atoms with Crippen LogP contribution in [0, 0.1) is 0 Å². The van der Waals surface area contributed by atoms with E-state index in [9.17, 15) is 4.79 Å². The van der Waals surface area contributed by atoms with E-state index in [0.717, 1.165) is 12.8 Å². The fourth-order valence-corrected chi connectivity index (χ4v) is 3.01. The molecule has 1 aromatic rings. The predicted molar refractivity (Wildman–Crippen MR) is 79.8 cm³/mol. The molecule has 2 rings (SSSR count). The molecule has 0 atom stereocenters. The van der Waals surface area contributed by atoms with Crippen LogP contribution in [0.15, 0.2) is 12.1 Å². The summed E-state index contributed by atoms with van der Waals surface area (Å²) >= 11 is 12.1. The van der Waals surface area contributed by atoms with Crippen LogP contribution < -0.4 is 5.73 Å². The van der Waals surface area contributed by atoms with Gasteiger partial charge in [0.15, 0.2) is 0 Å². The zero-order valence-corrected chi connectivity index (χ0v) is 12.5. The Morgan fingerprint density at radius 2 is 1.89 bits per heavy atom. The molecule has 19 heavy (non-hydrogen) atoms. The van der Waals surface area contributed by atoms with Crippen LogP contribution in [0.1, 0.15) is 42.5 Å². The number of hydrogen-bond donors (Lipinski definition) is 1. The fourth-order valence-electron chi connectivity index (χ4n) is 2.59. The molecule has 1 aliphatic carbocycles. The molecule has 1 aromatic carbocycles. The third kappa shape index (κ3) is 3.15. The minimum atomic E-state index is -0.105. The molecule has 0 aliphatic heterocycles. The standard InChI is InChI=1S/C14H18Cl2N2O/c1-18(10-5-3-2-4-6-10)14(19)11-7-9(17)8-12(15)13(11)16/h7-8,10H,2-6,17H2,1H3. The number of nitrogen functional groups attached to an aromatic ring is 1. The highest BCUT2D eigenvalue weighted by Gasteiger charge is 2.25. The quantitative estimate of drug-likeness (QED) is 0.840. The third-order valence-corrected chi connectivity index (χ3v) is 4.53. The number of carbonyl (C=O) groups excluding carboxylic acids is 1. The van der Waals surface area contributed by atoms with E-state index in [0.29, 0.717) is 16.3 Å². The van der Waals surface area contributed by atoms with E-state index in [1.165, 1.54) is 19.3 Å². The van der Waals surface area contributed by atoms with Crippen LogP contribution in [-0.2, 0) is 0 Å². The number of carbonyl (C=O) groups is 1. The molecule has 0 aromatic heterocycles. The molecule has 3 nitrogen and oxygen atoms in total.